The van der Waals surface area contributed by atoms with Crippen LogP contribution >= 0.6 is 11.8 Å². The van der Waals surface area contributed by atoms with Crippen LogP contribution in [0.15, 0.2) is 58.5 Å². The molecule has 7 heteroatoms. The number of amides is 1. The van der Waals surface area contributed by atoms with E-state index in [4.69, 9.17) is 0 Å². The van der Waals surface area contributed by atoms with Crippen molar-refractivity contribution in [3.63, 3.8) is 0 Å². The Morgan fingerprint density at radius 2 is 2.00 bits per heavy atom. The molecule has 1 heterocycles. The zero-order valence-corrected chi connectivity index (χ0v) is 16.6. The minimum atomic E-state index is -0.413. The Balaban J connectivity index is 1.81. The van der Waals surface area contributed by atoms with Gasteiger partial charge in [0.1, 0.15) is 5.82 Å². The summed E-state index contributed by atoms with van der Waals surface area (Å²) in [6, 6.07) is 12.9. The number of benzene rings is 2. The number of fused-ring (bicyclic) bond motifs is 1. The highest BCUT2D eigenvalue weighted by Gasteiger charge is 2.14. The van der Waals surface area contributed by atoms with E-state index in [0.717, 1.165) is 6.42 Å². The Labute approximate surface area is 167 Å². The van der Waals surface area contributed by atoms with E-state index in [0.29, 0.717) is 34.2 Å². The topological polar surface area (TPSA) is 64.0 Å². The molecule has 1 aromatic heterocycles. The molecule has 0 unspecified atom stereocenters. The summed E-state index contributed by atoms with van der Waals surface area (Å²) in [5.41, 5.74) is 0.912. The molecule has 0 bridgehead atoms. The molecule has 0 aliphatic heterocycles. The van der Waals surface area contributed by atoms with E-state index in [1.807, 2.05) is 12.1 Å². The number of rotatable bonds is 7. The van der Waals surface area contributed by atoms with E-state index in [2.05, 4.69) is 24.1 Å². The van der Waals surface area contributed by atoms with Gasteiger partial charge in [0.05, 0.1) is 16.7 Å². The normalized spacial score (nSPS) is 11.1. The smallest absolute Gasteiger partial charge is 0.262 e. The summed E-state index contributed by atoms with van der Waals surface area (Å²) >= 11 is 1.21. The van der Waals surface area contributed by atoms with Crippen LogP contribution in [0.5, 0.6) is 0 Å². The maximum atomic E-state index is 13.3. The van der Waals surface area contributed by atoms with Gasteiger partial charge in [-0.25, -0.2) is 9.37 Å². The van der Waals surface area contributed by atoms with Crippen LogP contribution in [0.4, 0.5) is 10.1 Å². The first kappa shape index (κ1) is 20.1. The van der Waals surface area contributed by atoms with E-state index in [-0.39, 0.29) is 17.2 Å². The lowest BCUT2D eigenvalue weighted by Gasteiger charge is -2.14. The third-order valence-electron chi connectivity index (χ3n) is 4.20. The van der Waals surface area contributed by atoms with Gasteiger partial charge < -0.3 is 5.32 Å². The fraction of sp³-hybridized carbons (Fsp3) is 0.286. The Kier molecular flexibility index (Phi) is 6.46. The van der Waals surface area contributed by atoms with Crippen LogP contribution in [0.25, 0.3) is 10.9 Å². The van der Waals surface area contributed by atoms with Crippen molar-refractivity contribution in [2.24, 2.45) is 5.92 Å². The van der Waals surface area contributed by atoms with Crippen molar-refractivity contribution in [2.45, 2.75) is 32.0 Å². The minimum absolute atomic E-state index is 0.0724. The van der Waals surface area contributed by atoms with Crippen molar-refractivity contribution in [2.75, 3.05) is 11.1 Å². The highest BCUT2D eigenvalue weighted by molar-refractivity contribution is 7.99. The SMILES string of the molecule is CC(C)CCn1c(SCC(=O)Nc2cccc(F)c2)nc2ccccc2c1=O. The molecule has 0 atom stereocenters. The highest BCUT2D eigenvalue weighted by Crippen LogP contribution is 2.19. The summed E-state index contributed by atoms with van der Waals surface area (Å²) in [5, 5.41) is 3.74. The first-order valence-corrected chi connectivity index (χ1v) is 10.1. The van der Waals surface area contributed by atoms with Gasteiger partial charge in [0, 0.05) is 12.2 Å². The lowest BCUT2D eigenvalue weighted by Crippen LogP contribution is -2.25. The molecule has 0 aliphatic rings. The monoisotopic (exact) mass is 399 g/mol. The minimum Gasteiger partial charge on any atom is -0.325 e. The number of halogens is 1. The molecular formula is C21H22FN3O2S. The molecule has 0 fully saturated rings. The first-order valence-electron chi connectivity index (χ1n) is 9.12. The largest absolute Gasteiger partial charge is 0.325 e. The van der Waals surface area contributed by atoms with E-state index in [1.165, 1.54) is 30.0 Å². The average Bonchev–Trinajstić information content (AvgIpc) is 2.65. The van der Waals surface area contributed by atoms with Crippen LogP contribution in [-0.4, -0.2) is 21.2 Å². The maximum absolute atomic E-state index is 13.3. The molecule has 0 radical (unpaired) electrons. The van der Waals surface area contributed by atoms with Crippen LogP contribution in [0.1, 0.15) is 20.3 Å². The van der Waals surface area contributed by atoms with Gasteiger partial charge in [0.2, 0.25) is 5.91 Å². The maximum Gasteiger partial charge on any atom is 0.262 e. The number of carbonyl (C=O) groups excluding carboxylic acids is 1. The van der Waals surface area contributed by atoms with Crippen LogP contribution in [0.2, 0.25) is 0 Å². The standard InChI is InChI=1S/C21H22FN3O2S/c1-14(2)10-11-25-20(27)17-8-3-4-9-18(17)24-21(25)28-13-19(26)23-16-7-5-6-15(22)12-16/h3-9,12,14H,10-11,13H2,1-2H3,(H,23,26). The molecular weight excluding hydrogens is 377 g/mol. The Bertz CT molecular complexity index is 1050. The van der Waals surface area contributed by atoms with Gasteiger partial charge in [0.25, 0.3) is 5.56 Å². The van der Waals surface area contributed by atoms with Gasteiger partial charge in [-0.1, -0.05) is 43.8 Å². The van der Waals surface area contributed by atoms with E-state index in [9.17, 15) is 14.0 Å². The Hall–Kier alpha value is -2.67. The van der Waals surface area contributed by atoms with Gasteiger partial charge >= 0.3 is 0 Å². The van der Waals surface area contributed by atoms with Crippen molar-refractivity contribution in [1.29, 1.82) is 0 Å². The molecule has 1 amide bonds. The molecule has 3 rings (SSSR count). The average molecular weight is 399 g/mol. The Morgan fingerprint density at radius 3 is 2.75 bits per heavy atom. The van der Waals surface area contributed by atoms with Gasteiger partial charge in [-0.15, -0.1) is 0 Å². The number of hydrogen-bond donors (Lipinski definition) is 1. The number of anilines is 1. The van der Waals surface area contributed by atoms with Gasteiger partial charge in [-0.2, -0.15) is 0 Å². The van der Waals surface area contributed by atoms with Crippen molar-refractivity contribution >= 4 is 34.3 Å². The third-order valence-corrected chi connectivity index (χ3v) is 5.17. The van der Waals surface area contributed by atoms with Crippen LogP contribution < -0.4 is 10.9 Å². The van der Waals surface area contributed by atoms with Crippen molar-refractivity contribution in [3.05, 3.63) is 64.7 Å². The van der Waals surface area contributed by atoms with Crippen molar-refractivity contribution in [1.82, 2.24) is 9.55 Å². The summed E-state index contributed by atoms with van der Waals surface area (Å²) in [6.07, 6.45) is 0.836. The van der Waals surface area contributed by atoms with Gasteiger partial charge in [0.15, 0.2) is 5.16 Å². The highest BCUT2D eigenvalue weighted by atomic mass is 32.2. The molecule has 0 spiro atoms. The molecule has 0 saturated heterocycles. The lowest BCUT2D eigenvalue weighted by molar-refractivity contribution is -0.113. The Morgan fingerprint density at radius 1 is 1.21 bits per heavy atom. The molecule has 2 aromatic carbocycles. The van der Waals surface area contributed by atoms with Gasteiger partial charge in [-0.05, 0) is 42.7 Å². The zero-order chi connectivity index (χ0) is 20.1. The number of carbonyl (C=O) groups is 1. The van der Waals surface area contributed by atoms with Crippen molar-refractivity contribution in [3.8, 4) is 0 Å². The van der Waals surface area contributed by atoms with Crippen LogP contribution in [0, 0.1) is 11.7 Å². The number of thioether (sulfide) groups is 1. The molecule has 3 aromatic rings. The second-order valence-corrected chi connectivity index (χ2v) is 7.84. The second kappa shape index (κ2) is 9.01. The molecule has 146 valence electrons. The predicted molar refractivity (Wildman–Crippen MR) is 111 cm³/mol. The van der Waals surface area contributed by atoms with E-state index < -0.39 is 5.82 Å². The summed E-state index contributed by atoms with van der Waals surface area (Å²) in [5.74, 6) is -0.187. The fourth-order valence-electron chi connectivity index (χ4n) is 2.74. The van der Waals surface area contributed by atoms with Crippen LogP contribution in [0.3, 0.4) is 0 Å². The number of hydrogen-bond acceptors (Lipinski definition) is 4. The summed E-state index contributed by atoms with van der Waals surface area (Å²) in [4.78, 5) is 29.7. The first-order chi connectivity index (χ1) is 13.4. The molecule has 28 heavy (non-hydrogen) atoms. The lowest BCUT2D eigenvalue weighted by atomic mass is 10.1. The predicted octanol–water partition coefficient (Wildman–Crippen LogP) is 4.31. The molecule has 1 N–H and O–H groups in total. The van der Waals surface area contributed by atoms with E-state index in [1.54, 1.807) is 22.8 Å². The van der Waals surface area contributed by atoms with Crippen molar-refractivity contribution < 1.29 is 9.18 Å². The number of nitrogens with one attached hydrogen (secondary N) is 1. The third kappa shape index (κ3) is 4.98. The number of para-hydroxylation sites is 1. The quantitative estimate of drug-likeness (QED) is 0.475. The fourth-order valence-corrected chi connectivity index (χ4v) is 3.56. The number of aromatic nitrogens is 2. The second-order valence-electron chi connectivity index (χ2n) is 6.90. The summed E-state index contributed by atoms with van der Waals surface area (Å²) in [7, 11) is 0. The summed E-state index contributed by atoms with van der Waals surface area (Å²) < 4.78 is 14.9. The van der Waals surface area contributed by atoms with Gasteiger partial charge in [-0.3, -0.25) is 14.2 Å². The zero-order valence-electron chi connectivity index (χ0n) is 15.8. The van der Waals surface area contributed by atoms with E-state index >= 15 is 0 Å². The molecule has 5 nitrogen and oxygen atoms in total. The summed E-state index contributed by atoms with van der Waals surface area (Å²) in [6.45, 7) is 4.74. The molecule has 0 saturated carbocycles. The number of nitrogens with zero attached hydrogens (tertiary/aromatic N) is 2. The van der Waals surface area contributed by atoms with Crippen LogP contribution in [-0.2, 0) is 11.3 Å². The molecule has 0 aliphatic carbocycles.